The number of hydrogen-bond donors (Lipinski definition) is 2. The van der Waals surface area contributed by atoms with Gasteiger partial charge in [-0.25, -0.2) is 4.57 Å². The van der Waals surface area contributed by atoms with Crippen molar-refractivity contribution in [3.8, 4) is 5.75 Å². The zero-order valence-corrected chi connectivity index (χ0v) is 10.1. The molecule has 0 heterocycles. The summed E-state index contributed by atoms with van der Waals surface area (Å²) in [4.78, 5) is 26.9. The van der Waals surface area contributed by atoms with Crippen molar-refractivity contribution in [1.29, 1.82) is 0 Å². The van der Waals surface area contributed by atoms with Crippen LogP contribution in [0.15, 0.2) is 18.2 Å². The minimum absolute atomic E-state index is 0.239. The van der Waals surface area contributed by atoms with Crippen LogP contribution in [0.4, 0.5) is 5.69 Å². The van der Waals surface area contributed by atoms with E-state index in [1.165, 1.54) is 12.1 Å². The van der Waals surface area contributed by atoms with Gasteiger partial charge in [-0.05, 0) is 34.7 Å². The number of phosphoric acid groups is 1. The molecule has 0 bridgehead atoms. The van der Waals surface area contributed by atoms with Crippen LogP contribution in [0.2, 0.25) is 0 Å². The molecule has 0 aliphatic rings. The Morgan fingerprint density at radius 3 is 2.53 bits per heavy atom. The van der Waals surface area contributed by atoms with E-state index in [9.17, 15) is 14.7 Å². The number of phosphoric ester groups is 1. The molecule has 0 spiro atoms. The van der Waals surface area contributed by atoms with Crippen LogP contribution >= 0.6 is 30.4 Å². The number of benzene rings is 1. The number of nitro benzene ring substituents is 1. The van der Waals surface area contributed by atoms with Gasteiger partial charge in [-0.3, -0.25) is 19.9 Å². The van der Waals surface area contributed by atoms with E-state index in [0.29, 0.717) is 0 Å². The predicted molar refractivity (Wildman–Crippen MR) is 58.5 cm³/mol. The summed E-state index contributed by atoms with van der Waals surface area (Å²) in [6, 6.07) is 3.96. The van der Waals surface area contributed by atoms with Crippen LogP contribution in [0.25, 0.3) is 0 Å². The molecule has 2 N–H and O–H groups in total. The normalized spacial score (nSPS) is 11.1. The first-order chi connectivity index (χ1) is 6.81. The minimum atomic E-state index is -4.78. The number of halogens is 1. The van der Waals surface area contributed by atoms with E-state index >= 15 is 0 Å². The maximum absolute atomic E-state index is 10.6. The first-order valence-corrected chi connectivity index (χ1v) is 6.10. The summed E-state index contributed by atoms with van der Waals surface area (Å²) in [7, 11) is -4.78. The highest BCUT2D eigenvalue weighted by atomic mass is 127. The quantitative estimate of drug-likeness (QED) is 0.373. The van der Waals surface area contributed by atoms with Gasteiger partial charge in [-0.1, -0.05) is 6.07 Å². The van der Waals surface area contributed by atoms with Crippen LogP contribution in [0, 0.1) is 13.7 Å². The highest BCUT2D eigenvalue weighted by molar-refractivity contribution is 14.1. The third-order valence-corrected chi connectivity index (χ3v) is 2.65. The Labute approximate surface area is 97.6 Å². The fourth-order valence-electron chi connectivity index (χ4n) is 0.875. The molecule has 7 nitrogen and oxygen atoms in total. The molecule has 0 aliphatic carbocycles. The Hall–Kier alpha value is -0.700. The van der Waals surface area contributed by atoms with Gasteiger partial charge < -0.3 is 4.52 Å². The summed E-state index contributed by atoms with van der Waals surface area (Å²) in [5.41, 5.74) is -0.457. The van der Waals surface area contributed by atoms with Gasteiger partial charge >= 0.3 is 13.5 Å². The molecule has 9 heteroatoms. The lowest BCUT2D eigenvalue weighted by Crippen LogP contribution is -1.98. The number of para-hydroxylation sites is 1. The van der Waals surface area contributed by atoms with Gasteiger partial charge in [0.25, 0.3) is 0 Å². The highest BCUT2D eigenvalue weighted by Crippen LogP contribution is 2.42. The molecule has 0 saturated heterocycles. The zero-order valence-electron chi connectivity index (χ0n) is 7.03. The van der Waals surface area contributed by atoms with Gasteiger partial charge in [-0.15, -0.1) is 0 Å². The fraction of sp³-hybridized carbons (Fsp3) is 0. The van der Waals surface area contributed by atoms with Crippen molar-refractivity contribution in [2.75, 3.05) is 0 Å². The number of rotatable bonds is 3. The largest absolute Gasteiger partial charge is 0.525 e. The van der Waals surface area contributed by atoms with Crippen LogP contribution < -0.4 is 4.52 Å². The van der Waals surface area contributed by atoms with E-state index in [1.807, 2.05) is 0 Å². The molecular weight excluding hydrogens is 340 g/mol. The van der Waals surface area contributed by atoms with E-state index < -0.39 is 24.2 Å². The van der Waals surface area contributed by atoms with Crippen molar-refractivity contribution in [3.63, 3.8) is 0 Å². The van der Waals surface area contributed by atoms with Gasteiger partial charge in [0.05, 0.1) is 8.49 Å². The summed E-state index contributed by atoms with van der Waals surface area (Å²) < 4.78 is 15.0. The minimum Gasteiger partial charge on any atom is -0.397 e. The molecular formula is C6H5INO6P. The Kier molecular flexibility index (Phi) is 3.66. The molecule has 0 fully saturated rings. The molecule has 0 aliphatic heterocycles. The molecule has 1 aromatic rings. The van der Waals surface area contributed by atoms with E-state index in [1.54, 1.807) is 22.6 Å². The topological polar surface area (TPSA) is 110 Å². The number of hydrogen-bond acceptors (Lipinski definition) is 4. The molecule has 0 unspecified atom stereocenters. The van der Waals surface area contributed by atoms with Crippen molar-refractivity contribution in [3.05, 3.63) is 31.9 Å². The molecule has 0 amide bonds. The van der Waals surface area contributed by atoms with Crippen LogP contribution in [0.5, 0.6) is 5.75 Å². The Morgan fingerprint density at radius 2 is 2.07 bits per heavy atom. The molecule has 82 valence electrons. The molecule has 1 aromatic carbocycles. The SMILES string of the molecule is O=[N+]([O-])c1c(I)cccc1OP(=O)(O)O. The van der Waals surface area contributed by atoms with E-state index in [0.717, 1.165) is 6.07 Å². The maximum Gasteiger partial charge on any atom is 0.525 e. The maximum atomic E-state index is 10.6. The van der Waals surface area contributed by atoms with E-state index in [4.69, 9.17) is 9.79 Å². The van der Waals surface area contributed by atoms with Gasteiger partial charge in [0.2, 0.25) is 5.75 Å². The zero-order chi connectivity index (χ0) is 11.6. The average molecular weight is 345 g/mol. The Balaban J connectivity index is 3.24. The molecule has 0 saturated carbocycles. The smallest absolute Gasteiger partial charge is 0.397 e. The first kappa shape index (κ1) is 12.4. The summed E-state index contributed by atoms with van der Waals surface area (Å²) in [6.07, 6.45) is 0. The van der Waals surface area contributed by atoms with Crippen LogP contribution in [0.3, 0.4) is 0 Å². The lowest BCUT2D eigenvalue weighted by atomic mass is 10.3. The van der Waals surface area contributed by atoms with Gasteiger partial charge in [-0.2, -0.15) is 0 Å². The summed E-state index contributed by atoms with van der Waals surface area (Å²) in [6.45, 7) is 0. The van der Waals surface area contributed by atoms with Crippen molar-refractivity contribution in [1.82, 2.24) is 0 Å². The molecule has 1 rings (SSSR count). The standard InChI is InChI=1S/C6H5INO6P/c7-4-2-1-3-5(6(4)8(9)10)14-15(11,12)13/h1-3H,(H2,11,12,13). The summed E-state index contributed by atoms with van der Waals surface area (Å²) in [5, 5.41) is 10.6. The number of nitrogens with zero attached hydrogens (tertiary/aromatic N) is 1. The third kappa shape index (κ3) is 3.42. The van der Waals surface area contributed by atoms with Gasteiger partial charge in [0.15, 0.2) is 0 Å². The lowest BCUT2D eigenvalue weighted by Gasteiger charge is -2.07. The highest BCUT2D eigenvalue weighted by Gasteiger charge is 2.25. The lowest BCUT2D eigenvalue weighted by molar-refractivity contribution is -0.386. The van der Waals surface area contributed by atoms with Crippen molar-refractivity contribution >= 4 is 36.1 Å². The van der Waals surface area contributed by atoms with E-state index in [2.05, 4.69) is 4.52 Å². The van der Waals surface area contributed by atoms with Crippen LogP contribution in [-0.4, -0.2) is 14.7 Å². The number of nitro groups is 1. The Morgan fingerprint density at radius 1 is 1.47 bits per heavy atom. The average Bonchev–Trinajstić information content (AvgIpc) is 1.99. The van der Waals surface area contributed by atoms with Crippen LogP contribution in [-0.2, 0) is 4.57 Å². The predicted octanol–water partition coefficient (Wildman–Crippen LogP) is 1.67. The monoisotopic (exact) mass is 345 g/mol. The third-order valence-electron chi connectivity index (χ3n) is 1.35. The fourth-order valence-corrected chi connectivity index (χ4v) is 1.95. The van der Waals surface area contributed by atoms with Gasteiger partial charge in [0, 0.05) is 0 Å². The molecule has 0 radical (unpaired) electrons. The van der Waals surface area contributed by atoms with Crippen molar-refractivity contribution < 1.29 is 23.8 Å². The second-order valence-corrected chi connectivity index (χ2v) is 4.75. The first-order valence-electron chi connectivity index (χ1n) is 3.49. The second-order valence-electron chi connectivity index (χ2n) is 2.43. The Bertz CT molecular complexity index is 443. The van der Waals surface area contributed by atoms with Crippen molar-refractivity contribution in [2.45, 2.75) is 0 Å². The van der Waals surface area contributed by atoms with Crippen molar-refractivity contribution in [2.24, 2.45) is 0 Å². The van der Waals surface area contributed by atoms with E-state index in [-0.39, 0.29) is 3.57 Å². The summed E-state index contributed by atoms with van der Waals surface area (Å²) >= 11 is 1.68. The summed E-state index contributed by atoms with van der Waals surface area (Å²) in [5.74, 6) is -0.444. The molecule has 0 aromatic heterocycles. The second kappa shape index (κ2) is 4.44. The molecule has 0 atom stereocenters. The molecule has 15 heavy (non-hydrogen) atoms. The van der Waals surface area contributed by atoms with Crippen LogP contribution in [0.1, 0.15) is 0 Å². The van der Waals surface area contributed by atoms with Gasteiger partial charge in [0.1, 0.15) is 0 Å².